The summed E-state index contributed by atoms with van der Waals surface area (Å²) in [5.41, 5.74) is 3.58. The van der Waals surface area contributed by atoms with E-state index in [-0.39, 0.29) is 24.0 Å². The van der Waals surface area contributed by atoms with E-state index in [4.69, 9.17) is 12.2 Å². The molecule has 7 nitrogen and oxygen atoms in total. The second kappa shape index (κ2) is 11.0. The minimum Gasteiger partial charge on any atom is -0.332 e. The first-order valence-corrected chi connectivity index (χ1v) is 12.0. The molecular formula is C25H23N5O2S2. The first-order valence-electron chi connectivity index (χ1n) is 10.6. The summed E-state index contributed by atoms with van der Waals surface area (Å²) >= 11 is 6.78. The van der Waals surface area contributed by atoms with Gasteiger partial charge < -0.3 is 16.0 Å². The van der Waals surface area contributed by atoms with E-state index in [9.17, 15) is 9.59 Å². The Morgan fingerprint density at radius 2 is 1.71 bits per heavy atom. The predicted molar refractivity (Wildman–Crippen MR) is 142 cm³/mol. The van der Waals surface area contributed by atoms with Crippen molar-refractivity contribution >= 4 is 63.8 Å². The number of anilines is 3. The molecule has 0 saturated carbocycles. The van der Waals surface area contributed by atoms with E-state index in [1.165, 1.54) is 22.3 Å². The topological polar surface area (TPSA) is 85.8 Å². The molecule has 0 atom stereocenters. The van der Waals surface area contributed by atoms with Crippen LogP contribution in [0.5, 0.6) is 0 Å². The van der Waals surface area contributed by atoms with Crippen LogP contribution < -0.4 is 21.0 Å². The highest BCUT2D eigenvalue weighted by atomic mass is 32.2. The minimum atomic E-state index is -0.221. The van der Waals surface area contributed by atoms with Gasteiger partial charge in [-0.05, 0) is 61.6 Å². The monoisotopic (exact) mass is 489 g/mol. The van der Waals surface area contributed by atoms with Crippen molar-refractivity contribution in [3.8, 4) is 0 Å². The highest BCUT2D eigenvalue weighted by Gasteiger charge is 2.26. The molecule has 0 fully saturated rings. The Labute approximate surface area is 207 Å². The Balaban J connectivity index is 1.28. The van der Waals surface area contributed by atoms with Crippen molar-refractivity contribution in [2.45, 2.75) is 18.2 Å². The van der Waals surface area contributed by atoms with E-state index >= 15 is 0 Å². The Hall–Kier alpha value is -3.69. The molecular weight excluding hydrogens is 466 g/mol. The van der Waals surface area contributed by atoms with Crippen LogP contribution in [0.25, 0.3) is 0 Å². The normalized spacial score (nSPS) is 12.8. The van der Waals surface area contributed by atoms with Gasteiger partial charge in [-0.25, -0.2) is 0 Å². The predicted octanol–water partition coefficient (Wildman–Crippen LogP) is 4.76. The van der Waals surface area contributed by atoms with E-state index in [1.54, 1.807) is 12.1 Å². The van der Waals surface area contributed by atoms with Crippen LogP contribution in [0, 0.1) is 6.92 Å². The molecule has 3 N–H and O–H groups in total. The summed E-state index contributed by atoms with van der Waals surface area (Å²) in [5.74, 6) is 0.139. The molecule has 1 aliphatic heterocycles. The lowest BCUT2D eigenvalue weighted by molar-refractivity contribution is -0.117. The molecule has 3 aromatic carbocycles. The van der Waals surface area contributed by atoms with Gasteiger partial charge in [-0.3, -0.25) is 9.59 Å². The van der Waals surface area contributed by atoms with E-state index in [0.29, 0.717) is 16.6 Å². The highest BCUT2D eigenvalue weighted by Crippen LogP contribution is 2.23. The molecule has 0 unspecified atom stereocenters. The molecule has 172 valence electrons. The molecule has 34 heavy (non-hydrogen) atoms. The van der Waals surface area contributed by atoms with Gasteiger partial charge in [0.05, 0.1) is 17.9 Å². The third-order valence-corrected chi connectivity index (χ3v) is 6.03. The number of carbonyl (C=O) groups excluding carboxylic acids is 2. The molecule has 2 amide bonds. The number of para-hydroxylation sites is 1. The number of thioether (sulfide) groups is 1. The number of benzene rings is 3. The molecule has 1 aliphatic rings. The van der Waals surface area contributed by atoms with Crippen molar-refractivity contribution in [1.82, 2.24) is 5.32 Å². The zero-order valence-corrected chi connectivity index (χ0v) is 20.1. The van der Waals surface area contributed by atoms with Crippen LogP contribution in [0.2, 0.25) is 0 Å². The lowest BCUT2D eigenvalue weighted by Gasteiger charge is -2.12. The molecule has 0 aromatic heterocycles. The molecule has 4 rings (SSSR count). The van der Waals surface area contributed by atoms with E-state index in [2.05, 4.69) is 21.1 Å². The average molecular weight is 490 g/mol. The molecule has 0 aliphatic carbocycles. The van der Waals surface area contributed by atoms with E-state index in [0.717, 1.165) is 16.3 Å². The molecule has 0 radical (unpaired) electrons. The van der Waals surface area contributed by atoms with Crippen molar-refractivity contribution in [1.29, 1.82) is 0 Å². The number of carbonyl (C=O) groups is 2. The number of hydrogen-bond donors (Lipinski definition) is 3. The minimum absolute atomic E-state index is 0.0656. The number of aryl methyl sites for hydroxylation is 1. The largest absolute Gasteiger partial charge is 0.332 e. The Bertz CT molecular complexity index is 1230. The quantitative estimate of drug-likeness (QED) is 0.342. The smallest absolute Gasteiger partial charge is 0.255 e. The van der Waals surface area contributed by atoms with E-state index in [1.807, 2.05) is 73.7 Å². The first kappa shape index (κ1) is 23.5. The number of hydrogen-bond acceptors (Lipinski definition) is 5. The first-order chi connectivity index (χ1) is 16.5. The summed E-state index contributed by atoms with van der Waals surface area (Å²) in [5, 5.41) is 15.1. The maximum absolute atomic E-state index is 12.4. The summed E-state index contributed by atoms with van der Waals surface area (Å²) < 4.78 is 0. The third-order valence-electron chi connectivity index (χ3n) is 4.83. The Morgan fingerprint density at radius 1 is 0.971 bits per heavy atom. The Morgan fingerprint density at radius 3 is 2.47 bits per heavy atom. The Kier molecular flexibility index (Phi) is 7.56. The lowest BCUT2D eigenvalue weighted by atomic mass is 10.2. The second-order valence-corrected chi connectivity index (χ2v) is 9.03. The van der Waals surface area contributed by atoms with Crippen molar-refractivity contribution in [3.05, 3.63) is 84.4 Å². The van der Waals surface area contributed by atoms with Gasteiger partial charge in [0.25, 0.3) is 5.91 Å². The lowest BCUT2D eigenvalue weighted by Crippen LogP contribution is -2.31. The summed E-state index contributed by atoms with van der Waals surface area (Å²) in [4.78, 5) is 25.6. The van der Waals surface area contributed by atoms with Crippen molar-refractivity contribution < 1.29 is 9.59 Å². The summed E-state index contributed by atoms with van der Waals surface area (Å²) in [6.07, 6.45) is 0.0656. The van der Waals surface area contributed by atoms with Crippen molar-refractivity contribution in [2.75, 3.05) is 21.4 Å². The fraction of sp³-hybridized carbons (Fsp3) is 0.120. The maximum atomic E-state index is 12.4. The van der Waals surface area contributed by atoms with Crippen LogP contribution in [-0.4, -0.2) is 28.5 Å². The maximum Gasteiger partial charge on any atom is 0.255 e. The van der Waals surface area contributed by atoms with Crippen LogP contribution in [-0.2, 0) is 9.59 Å². The number of amides is 2. The van der Waals surface area contributed by atoms with Gasteiger partial charge in [-0.2, -0.15) is 10.1 Å². The van der Waals surface area contributed by atoms with Crippen molar-refractivity contribution in [3.63, 3.8) is 0 Å². The highest BCUT2D eigenvalue weighted by molar-refractivity contribution is 8.00. The van der Waals surface area contributed by atoms with Gasteiger partial charge >= 0.3 is 0 Å². The number of rotatable bonds is 6. The van der Waals surface area contributed by atoms with Gasteiger partial charge in [0.2, 0.25) is 5.91 Å². The molecule has 9 heteroatoms. The molecule has 0 bridgehead atoms. The third kappa shape index (κ3) is 6.43. The average Bonchev–Trinajstić information content (AvgIpc) is 3.19. The van der Waals surface area contributed by atoms with Gasteiger partial charge in [0.15, 0.2) is 5.11 Å². The standard InChI is InChI=1S/C25H23N5O2S2/c1-17-10-12-18(13-11-17)26-25(33)27-19-6-5-9-21(14-19)34-16-23(31)28-22-15-24(32)30(29-22)20-7-3-2-4-8-20/h2-14H,15-16H2,1H3,(H2,26,27,33)(H,28,29,31). The van der Waals surface area contributed by atoms with Crippen LogP contribution in [0.1, 0.15) is 12.0 Å². The number of hydrazone groups is 1. The molecule has 1 heterocycles. The molecule has 0 spiro atoms. The van der Waals surface area contributed by atoms with Gasteiger partial charge in [0, 0.05) is 16.3 Å². The molecule has 0 saturated heterocycles. The van der Waals surface area contributed by atoms with Crippen LogP contribution >= 0.6 is 24.0 Å². The van der Waals surface area contributed by atoms with Gasteiger partial charge in [-0.1, -0.05) is 42.0 Å². The summed E-state index contributed by atoms with van der Waals surface area (Å²) in [7, 11) is 0. The fourth-order valence-electron chi connectivity index (χ4n) is 3.21. The summed E-state index contributed by atoms with van der Waals surface area (Å²) in [6.45, 7) is 2.03. The molecule has 3 aromatic rings. The van der Waals surface area contributed by atoms with Crippen LogP contribution in [0.3, 0.4) is 0 Å². The van der Waals surface area contributed by atoms with Crippen LogP contribution in [0.4, 0.5) is 17.1 Å². The summed E-state index contributed by atoms with van der Waals surface area (Å²) in [6, 6.07) is 24.7. The number of nitrogens with one attached hydrogen (secondary N) is 3. The second-order valence-electron chi connectivity index (χ2n) is 7.57. The van der Waals surface area contributed by atoms with Crippen LogP contribution in [0.15, 0.2) is 88.9 Å². The SMILES string of the molecule is Cc1ccc(NC(=S)Nc2cccc(SCC(=O)NC3=NN(c4ccccc4)C(=O)C3)c2)cc1. The van der Waals surface area contributed by atoms with Crippen molar-refractivity contribution in [2.24, 2.45) is 5.10 Å². The van der Waals surface area contributed by atoms with Gasteiger partial charge in [-0.15, -0.1) is 11.8 Å². The zero-order valence-electron chi connectivity index (χ0n) is 18.4. The number of amidine groups is 1. The fourth-order valence-corrected chi connectivity index (χ4v) is 4.20. The number of thiocarbonyl (C=S) groups is 1. The zero-order chi connectivity index (χ0) is 23.9. The number of nitrogens with zero attached hydrogens (tertiary/aromatic N) is 2. The van der Waals surface area contributed by atoms with E-state index < -0.39 is 0 Å². The van der Waals surface area contributed by atoms with Gasteiger partial charge in [0.1, 0.15) is 5.84 Å².